The number of carbonyl (C=O) groups is 1. The Kier molecular flexibility index (Phi) is 3.77. The molecule has 0 spiro atoms. The first-order chi connectivity index (χ1) is 6.88. The number of alkyl carbamates (subject to hydrolysis) is 1. The molecule has 0 heterocycles. The van der Waals surface area contributed by atoms with Gasteiger partial charge in [0.05, 0.1) is 6.04 Å². The fourth-order valence-corrected chi connectivity index (χ4v) is 1.70. The smallest absolute Gasteiger partial charge is 0.408 e. The second-order valence-corrected chi connectivity index (χ2v) is 5.10. The van der Waals surface area contributed by atoms with E-state index in [9.17, 15) is 4.79 Å². The number of hydrogen-bond acceptors (Lipinski definition) is 2. The van der Waals surface area contributed by atoms with Gasteiger partial charge in [0.1, 0.15) is 5.60 Å². The minimum atomic E-state index is -0.430. The molecule has 1 amide bonds. The van der Waals surface area contributed by atoms with E-state index in [-0.39, 0.29) is 12.1 Å². The number of amides is 1. The molecule has 0 saturated heterocycles. The third-order valence-electron chi connectivity index (χ3n) is 2.42. The lowest BCUT2D eigenvalue weighted by Crippen LogP contribution is -2.40. The molecule has 0 aromatic rings. The van der Waals surface area contributed by atoms with Crippen LogP contribution in [0.1, 0.15) is 46.5 Å². The summed E-state index contributed by atoms with van der Waals surface area (Å²) in [6.07, 6.45) is 4.00. The Morgan fingerprint density at radius 1 is 1.47 bits per heavy atom. The van der Waals surface area contributed by atoms with Gasteiger partial charge in [-0.2, -0.15) is 0 Å². The molecule has 0 aromatic heterocycles. The Morgan fingerprint density at radius 3 is 2.67 bits per heavy atom. The highest BCUT2D eigenvalue weighted by Gasteiger charge is 2.22. The fourth-order valence-electron chi connectivity index (χ4n) is 1.70. The van der Waals surface area contributed by atoms with Gasteiger partial charge in [0, 0.05) is 0 Å². The lowest BCUT2D eigenvalue weighted by atomic mass is 9.91. The largest absolute Gasteiger partial charge is 0.444 e. The van der Waals surface area contributed by atoms with Crippen molar-refractivity contribution in [3.05, 3.63) is 12.2 Å². The predicted octanol–water partition coefficient (Wildman–Crippen LogP) is 3.01. The lowest BCUT2D eigenvalue weighted by Gasteiger charge is -2.27. The number of carbonyl (C=O) groups excluding carboxylic acids is 1. The zero-order valence-electron chi connectivity index (χ0n) is 9.93. The fraction of sp³-hybridized carbons (Fsp3) is 0.750. The van der Waals surface area contributed by atoms with Crippen LogP contribution in [0.25, 0.3) is 0 Å². The molecule has 15 heavy (non-hydrogen) atoms. The molecule has 86 valence electrons. The van der Waals surface area contributed by atoms with Crippen molar-refractivity contribution in [2.45, 2.75) is 58.1 Å². The zero-order valence-corrected chi connectivity index (χ0v) is 9.93. The topological polar surface area (TPSA) is 38.3 Å². The monoisotopic (exact) mass is 211 g/mol. The van der Waals surface area contributed by atoms with Crippen LogP contribution in [0.2, 0.25) is 0 Å². The van der Waals surface area contributed by atoms with Gasteiger partial charge >= 0.3 is 6.09 Å². The molecule has 3 nitrogen and oxygen atoms in total. The molecule has 1 atom stereocenters. The van der Waals surface area contributed by atoms with E-state index in [1.54, 1.807) is 0 Å². The summed E-state index contributed by atoms with van der Waals surface area (Å²) in [4.78, 5) is 11.5. The van der Waals surface area contributed by atoms with Crippen LogP contribution in [0.4, 0.5) is 4.79 Å². The Balaban J connectivity index is 2.40. The van der Waals surface area contributed by atoms with Gasteiger partial charge in [-0.25, -0.2) is 4.79 Å². The van der Waals surface area contributed by atoms with Crippen molar-refractivity contribution in [3.8, 4) is 0 Å². The van der Waals surface area contributed by atoms with Crippen LogP contribution in [0.5, 0.6) is 0 Å². The molecule has 1 fully saturated rings. The highest BCUT2D eigenvalue weighted by molar-refractivity contribution is 5.68. The SMILES string of the molecule is C=C1CCCC[C@@H]1NC(=O)OC(C)(C)C. The highest BCUT2D eigenvalue weighted by atomic mass is 16.6. The van der Waals surface area contributed by atoms with Crippen LogP contribution in [-0.2, 0) is 4.74 Å². The van der Waals surface area contributed by atoms with Crippen molar-refractivity contribution in [1.82, 2.24) is 5.32 Å². The second-order valence-electron chi connectivity index (χ2n) is 5.10. The number of ether oxygens (including phenoxy) is 1. The molecule has 0 radical (unpaired) electrons. The first-order valence-electron chi connectivity index (χ1n) is 5.56. The summed E-state index contributed by atoms with van der Waals surface area (Å²) in [5, 5.41) is 2.86. The van der Waals surface area contributed by atoms with E-state index in [1.165, 1.54) is 6.42 Å². The number of rotatable bonds is 1. The summed E-state index contributed by atoms with van der Waals surface area (Å²) in [5.74, 6) is 0. The van der Waals surface area contributed by atoms with E-state index in [4.69, 9.17) is 4.74 Å². The van der Waals surface area contributed by atoms with Gasteiger partial charge < -0.3 is 10.1 Å². The summed E-state index contributed by atoms with van der Waals surface area (Å²) in [5.41, 5.74) is 0.687. The third kappa shape index (κ3) is 4.36. The zero-order chi connectivity index (χ0) is 11.5. The van der Waals surface area contributed by atoms with Gasteiger partial charge in [0.25, 0.3) is 0 Å². The van der Waals surface area contributed by atoms with Crippen LogP contribution in [0.3, 0.4) is 0 Å². The first-order valence-corrected chi connectivity index (χ1v) is 5.56. The second kappa shape index (κ2) is 4.69. The quantitative estimate of drug-likeness (QED) is 0.677. The van der Waals surface area contributed by atoms with E-state index in [0.29, 0.717) is 0 Å². The summed E-state index contributed by atoms with van der Waals surface area (Å²) in [6, 6.07) is 0.105. The molecule has 0 aromatic carbocycles. The van der Waals surface area contributed by atoms with Crippen molar-refractivity contribution >= 4 is 6.09 Å². The van der Waals surface area contributed by atoms with Crippen molar-refractivity contribution < 1.29 is 9.53 Å². The maximum Gasteiger partial charge on any atom is 0.408 e. The maximum absolute atomic E-state index is 11.5. The van der Waals surface area contributed by atoms with E-state index in [0.717, 1.165) is 24.8 Å². The van der Waals surface area contributed by atoms with E-state index in [2.05, 4.69) is 11.9 Å². The van der Waals surface area contributed by atoms with Gasteiger partial charge in [0.2, 0.25) is 0 Å². The molecule has 0 aliphatic heterocycles. The normalized spacial score (nSPS) is 22.3. The summed E-state index contributed by atoms with van der Waals surface area (Å²) in [7, 11) is 0. The van der Waals surface area contributed by atoms with E-state index in [1.807, 2.05) is 20.8 Å². The molecule has 1 rings (SSSR count). The Morgan fingerprint density at radius 2 is 2.13 bits per heavy atom. The van der Waals surface area contributed by atoms with E-state index < -0.39 is 5.60 Å². The molecule has 0 unspecified atom stereocenters. The first kappa shape index (κ1) is 12.1. The molecule has 1 aliphatic rings. The molecule has 1 aliphatic carbocycles. The Hall–Kier alpha value is -0.990. The van der Waals surface area contributed by atoms with Crippen molar-refractivity contribution in [3.63, 3.8) is 0 Å². The lowest BCUT2D eigenvalue weighted by molar-refractivity contribution is 0.0506. The van der Waals surface area contributed by atoms with Gasteiger partial charge in [-0.1, -0.05) is 18.6 Å². The van der Waals surface area contributed by atoms with Gasteiger partial charge in [-0.05, 0) is 40.0 Å². The summed E-state index contributed by atoms with van der Waals surface area (Å²) < 4.78 is 5.20. The standard InChI is InChI=1S/C12H21NO2/c1-9-7-5-6-8-10(9)13-11(14)15-12(2,3)4/h10H,1,5-8H2,2-4H3,(H,13,14)/t10-/m0/s1. The minimum absolute atomic E-state index is 0.105. The average Bonchev–Trinajstić information content (AvgIpc) is 2.05. The van der Waals surface area contributed by atoms with Gasteiger partial charge in [0.15, 0.2) is 0 Å². The molecule has 3 heteroatoms. The van der Waals surface area contributed by atoms with Crippen molar-refractivity contribution in [1.29, 1.82) is 0 Å². The van der Waals surface area contributed by atoms with Crippen molar-refractivity contribution in [2.24, 2.45) is 0 Å². The van der Waals surface area contributed by atoms with Crippen LogP contribution >= 0.6 is 0 Å². The number of nitrogens with one attached hydrogen (secondary N) is 1. The van der Waals surface area contributed by atoms with Crippen LogP contribution in [0, 0.1) is 0 Å². The Bertz CT molecular complexity index is 253. The molecule has 0 bridgehead atoms. The minimum Gasteiger partial charge on any atom is -0.444 e. The Labute approximate surface area is 91.9 Å². The highest BCUT2D eigenvalue weighted by Crippen LogP contribution is 2.22. The van der Waals surface area contributed by atoms with Crippen LogP contribution in [0.15, 0.2) is 12.2 Å². The van der Waals surface area contributed by atoms with Crippen molar-refractivity contribution in [2.75, 3.05) is 0 Å². The molecular formula is C12H21NO2. The molecular weight excluding hydrogens is 190 g/mol. The van der Waals surface area contributed by atoms with Crippen LogP contribution in [-0.4, -0.2) is 17.7 Å². The van der Waals surface area contributed by atoms with Gasteiger partial charge in [-0.3, -0.25) is 0 Å². The summed E-state index contributed by atoms with van der Waals surface area (Å²) >= 11 is 0. The molecule has 1 saturated carbocycles. The van der Waals surface area contributed by atoms with Crippen LogP contribution < -0.4 is 5.32 Å². The van der Waals surface area contributed by atoms with Gasteiger partial charge in [-0.15, -0.1) is 0 Å². The maximum atomic E-state index is 11.5. The number of hydrogen-bond donors (Lipinski definition) is 1. The predicted molar refractivity (Wildman–Crippen MR) is 60.8 cm³/mol. The average molecular weight is 211 g/mol. The molecule has 1 N–H and O–H groups in total. The van der Waals surface area contributed by atoms with E-state index >= 15 is 0 Å². The third-order valence-corrected chi connectivity index (χ3v) is 2.42. The summed E-state index contributed by atoms with van der Waals surface area (Å²) in [6.45, 7) is 9.56.